The van der Waals surface area contributed by atoms with Gasteiger partial charge in [-0.25, -0.2) is 0 Å². The van der Waals surface area contributed by atoms with Crippen molar-refractivity contribution in [3.63, 3.8) is 0 Å². The van der Waals surface area contributed by atoms with Crippen molar-refractivity contribution in [2.75, 3.05) is 82.3 Å². The Morgan fingerprint density at radius 3 is 1.56 bits per heavy atom. The van der Waals surface area contributed by atoms with Crippen LogP contribution in [0.1, 0.15) is 66.2 Å². The number of carbonyl (C=O) groups is 2. The van der Waals surface area contributed by atoms with E-state index in [0.29, 0.717) is 49.3 Å². The highest BCUT2D eigenvalue weighted by atomic mass is 16.4. The average molecular weight is 785 g/mol. The van der Waals surface area contributed by atoms with Crippen molar-refractivity contribution >= 4 is 46.0 Å². The number of nitrogens with zero attached hydrogens (tertiary/aromatic N) is 7. The molecule has 4 fully saturated rings. The number of piperazine rings is 2. The van der Waals surface area contributed by atoms with Crippen molar-refractivity contribution in [2.24, 2.45) is 0 Å². The van der Waals surface area contributed by atoms with Crippen LogP contribution in [-0.4, -0.2) is 145 Å². The predicted molar refractivity (Wildman–Crippen MR) is 226 cm³/mol. The molecule has 6 heterocycles. The summed E-state index contributed by atoms with van der Waals surface area (Å²) in [7, 11) is 2.18. The first-order valence-electron chi connectivity index (χ1n) is 21.4. The molecule has 4 aromatic rings. The first-order chi connectivity index (χ1) is 27.7. The zero-order valence-corrected chi connectivity index (χ0v) is 34.7. The zero-order valence-electron chi connectivity index (χ0n) is 34.7. The van der Waals surface area contributed by atoms with Gasteiger partial charge >= 0.3 is 0 Å². The molecular formula is C43H64N10O4. The zero-order chi connectivity index (χ0) is 39.9. The highest BCUT2D eigenvalue weighted by Gasteiger charge is 2.34. The van der Waals surface area contributed by atoms with E-state index in [4.69, 9.17) is 8.83 Å². The fourth-order valence-corrected chi connectivity index (χ4v) is 9.36. The van der Waals surface area contributed by atoms with Crippen LogP contribution in [0.25, 0.3) is 22.2 Å². The van der Waals surface area contributed by atoms with Crippen molar-refractivity contribution < 1.29 is 18.4 Å². The van der Waals surface area contributed by atoms with E-state index >= 15 is 0 Å². The number of oxazole rings is 2. The molecule has 0 saturated carbocycles. The van der Waals surface area contributed by atoms with Crippen molar-refractivity contribution in [3.05, 3.63) is 48.5 Å². The molecular weight excluding hydrogens is 721 g/mol. The molecule has 0 radical (unpaired) electrons. The highest BCUT2D eigenvalue weighted by molar-refractivity contribution is 5.86. The number of aromatic nitrogens is 2. The van der Waals surface area contributed by atoms with Crippen LogP contribution in [0.3, 0.4) is 0 Å². The molecule has 8 rings (SSSR count). The second kappa shape index (κ2) is 19.0. The minimum absolute atomic E-state index is 0.0809. The molecule has 4 aliphatic rings. The van der Waals surface area contributed by atoms with Gasteiger partial charge in [-0.05, 0) is 97.5 Å². The van der Waals surface area contributed by atoms with E-state index in [1.54, 1.807) is 0 Å². The number of rotatable bonds is 10. The standard InChI is InChI=1S/C22H33N5O2.C21H31N5O2/c1-16-14-25(3)15-17(2)26(16)13-11-23-21(28)19-9-6-7-12-27(19)22-24-18-8-4-5-10-20(18)29-22;1-15-13-22-14-16(2)25(15)12-10-23-20(27)18-8-5-6-11-26(18)21-24-17-7-3-4-9-19(17)28-21/h4-5,8,10,16-17,19H,6-7,9,11-15H2,1-3H3,(H,23,28);3-4,7,9,15-16,18,22H,5-6,8,10-14H2,1-2H3,(H,23,27)/t16-,17+,19-;15-,16+,18-/m00/s1. The number of hydrogen-bond donors (Lipinski definition) is 3. The van der Waals surface area contributed by atoms with E-state index in [1.807, 2.05) is 58.3 Å². The molecule has 310 valence electrons. The lowest BCUT2D eigenvalue weighted by atomic mass is 10.0. The number of benzene rings is 2. The van der Waals surface area contributed by atoms with Crippen LogP contribution in [-0.2, 0) is 9.59 Å². The quantitative estimate of drug-likeness (QED) is 0.211. The monoisotopic (exact) mass is 785 g/mol. The van der Waals surface area contributed by atoms with Crippen LogP contribution in [0.4, 0.5) is 12.0 Å². The molecule has 14 nitrogen and oxygen atoms in total. The Hall–Kier alpha value is -4.24. The van der Waals surface area contributed by atoms with E-state index in [9.17, 15) is 9.59 Å². The molecule has 0 aliphatic carbocycles. The lowest BCUT2D eigenvalue weighted by Gasteiger charge is -2.43. The molecule has 0 bridgehead atoms. The smallest absolute Gasteiger partial charge is 0.299 e. The summed E-state index contributed by atoms with van der Waals surface area (Å²) in [5.41, 5.74) is 3.21. The van der Waals surface area contributed by atoms with Gasteiger partial charge in [-0.15, -0.1) is 0 Å². The summed E-state index contributed by atoms with van der Waals surface area (Å²) in [6.45, 7) is 17.9. The predicted octanol–water partition coefficient (Wildman–Crippen LogP) is 4.31. The third-order valence-corrected chi connectivity index (χ3v) is 12.3. The number of piperidine rings is 2. The molecule has 3 N–H and O–H groups in total. The first kappa shape index (κ1) is 40.9. The summed E-state index contributed by atoms with van der Waals surface area (Å²) in [4.78, 5) is 46.6. The number of likely N-dealkylation sites (N-methyl/N-ethyl adjacent to an activating group) is 1. The van der Waals surface area contributed by atoms with Crippen LogP contribution in [0.15, 0.2) is 57.4 Å². The van der Waals surface area contributed by atoms with Crippen molar-refractivity contribution in [1.29, 1.82) is 0 Å². The molecule has 0 unspecified atom stereocenters. The maximum absolute atomic E-state index is 13.0. The van der Waals surface area contributed by atoms with Gasteiger partial charge in [0.25, 0.3) is 12.0 Å². The fraction of sp³-hybridized carbons (Fsp3) is 0.628. The van der Waals surface area contributed by atoms with Gasteiger partial charge in [0.15, 0.2) is 11.2 Å². The summed E-state index contributed by atoms with van der Waals surface area (Å²) in [5, 5.41) is 9.79. The number of amides is 2. The number of para-hydroxylation sites is 4. The average Bonchev–Trinajstić information content (AvgIpc) is 3.85. The minimum Gasteiger partial charge on any atom is -0.423 e. The summed E-state index contributed by atoms with van der Waals surface area (Å²) in [5.74, 6) is 0.166. The molecule has 6 atom stereocenters. The van der Waals surface area contributed by atoms with Gasteiger partial charge in [-0.3, -0.25) is 19.4 Å². The van der Waals surface area contributed by atoms with Gasteiger partial charge in [0.1, 0.15) is 23.1 Å². The number of carbonyl (C=O) groups excluding carboxylic acids is 2. The Kier molecular flexibility index (Phi) is 13.7. The van der Waals surface area contributed by atoms with Crippen LogP contribution in [0, 0.1) is 0 Å². The van der Waals surface area contributed by atoms with Gasteiger partial charge in [-0.2, -0.15) is 9.97 Å². The van der Waals surface area contributed by atoms with Crippen molar-refractivity contribution in [1.82, 2.24) is 40.6 Å². The molecule has 57 heavy (non-hydrogen) atoms. The normalized spacial score (nSPS) is 26.6. The lowest BCUT2D eigenvalue weighted by molar-refractivity contribution is -0.123. The van der Waals surface area contributed by atoms with Gasteiger partial charge in [-0.1, -0.05) is 24.3 Å². The molecule has 4 aliphatic heterocycles. The Morgan fingerprint density at radius 2 is 1.11 bits per heavy atom. The van der Waals surface area contributed by atoms with Crippen LogP contribution in [0.2, 0.25) is 0 Å². The fourth-order valence-electron chi connectivity index (χ4n) is 9.36. The van der Waals surface area contributed by atoms with Crippen LogP contribution < -0.4 is 25.8 Å². The van der Waals surface area contributed by atoms with Gasteiger partial charge in [0, 0.05) is 89.6 Å². The molecule has 2 amide bonds. The summed E-state index contributed by atoms with van der Waals surface area (Å²) in [6, 6.07) is 18.2. The Balaban J connectivity index is 0.000000174. The van der Waals surface area contributed by atoms with Crippen LogP contribution in [0.5, 0.6) is 0 Å². The van der Waals surface area contributed by atoms with E-state index in [-0.39, 0.29) is 23.9 Å². The molecule has 2 aromatic carbocycles. The Bertz CT molecular complexity index is 1830. The lowest BCUT2D eigenvalue weighted by Crippen LogP contribution is -2.57. The third-order valence-electron chi connectivity index (χ3n) is 12.3. The molecule has 14 heteroatoms. The topological polar surface area (TPSA) is 138 Å². The summed E-state index contributed by atoms with van der Waals surface area (Å²) < 4.78 is 11.9. The number of hydrogen-bond acceptors (Lipinski definition) is 12. The summed E-state index contributed by atoms with van der Waals surface area (Å²) in [6.07, 6.45) is 5.90. The van der Waals surface area contributed by atoms with Gasteiger partial charge < -0.3 is 39.5 Å². The van der Waals surface area contributed by atoms with Gasteiger partial charge in [0.2, 0.25) is 11.8 Å². The number of nitrogens with one attached hydrogen (secondary N) is 3. The van der Waals surface area contributed by atoms with Crippen molar-refractivity contribution in [2.45, 2.75) is 102 Å². The van der Waals surface area contributed by atoms with E-state index in [0.717, 1.165) is 113 Å². The van der Waals surface area contributed by atoms with Crippen LogP contribution >= 0.6 is 0 Å². The molecule has 2 aromatic heterocycles. The maximum atomic E-state index is 13.0. The highest BCUT2D eigenvalue weighted by Crippen LogP contribution is 2.29. The molecule has 0 spiro atoms. The largest absolute Gasteiger partial charge is 0.423 e. The van der Waals surface area contributed by atoms with E-state index in [1.165, 1.54) is 0 Å². The SMILES string of the molecule is C[C@@H]1CN(C)C[C@H](C)N1CCNC(=O)[C@@H]1CCCCN1c1nc2ccccc2o1.C[C@@H]1CNC[C@H](C)N1CCNC(=O)[C@@H]1CCCCN1c1nc2ccccc2o1. The summed E-state index contributed by atoms with van der Waals surface area (Å²) >= 11 is 0. The maximum Gasteiger partial charge on any atom is 0.299 e. The van der Waals surface area contributed by atoms with E-state index in [2.05, 4.69) is 75.4 Å². The van der Waals surface area contributed by atoms with E-state index < -0.39 is 0 Å². The third kappa shape index (κ3) is 9.90. The number of fused-ring (bicyclic) bond motifs is 2. The van der Waals surface area contributed by atoms with Gasteiger partial charge in [0.05, 0.1) is 0 Å². The number of anilines is 2. The Labute approximate surface area is 337 Å². The van der Waals surface area contributed by atoms with Crippen molar-refractivity contribution in [3.8, 4) is 0 Å². The minimum atomic E-state index is -0.209. The second-order valence-electron chi connectivity index (χ2n) is 16.7. The molecule has 4 saturated heterocycles. The second-order valence-corrected chi connectivity index (χ2v) is 16.7. The first-order valence-corrected chi connectivity index (χ1v) is 21.4. The Morgan fingerprint density at radius 1 is 0.667 bits per heavy atom.